The second kappa shape index (κ2) is 16.0. The van der Waals surface area contributed by atoms with Crippen molar-refractivity contribution in [1.82, 2.24) is 20.2 Å². The predicted molar refractivity (Wildman–Crippen MR) is 206 cm³/mol. The first kappa shape index (κ1) is 43.0. The van der Waals surface area contributed by atoms with Crippen LogP contribution in [0.5, 0.6) is 5.88 Å². The molecular formula is C39H49ClF3N5O7S. The lowest BCUT2D eigenvalue weighted by Gasteiger charge is -2.53. The molecule has 0 radical (unpaired) electrons. The maximum Gasteiger partial charge on any atom is 0.410 e. The van der Waals surface area contributed by atoms with Crippen molar-refractivity contribution in [3.8, 4) is 17.1 Å². The third-order valence-electron chi connectivity index (χ3n) is 10.9. The third kappa shape index (κ3) is 9.86. The van der Waals surface area contributed by atoms with E-state index in [-0.39, 0.29) is 78.1 Å². The molecule has 56 heavy (non-hydrogen) atoms. The number of piperidine rings is 1. The molecule has 2 aliphatic carbocycles. The summed E-state index contributed by atoms with van der Waals surface area (Å²) >= 11 is 0. The number of carbonyl (C=O) groups is 2. The molecule has 1 saturated heterocycles. The molecule has 3 N–H and O–H groups in total. The highest BCUT2D eigenvalue weighted by molar-refractivity contribution is 7.92. The first-order valence-corrected chi connectivity index (χ1v) is 19.9. The van der Waals surface area contributed by atoms with E-state index < -0.39 is 39.2 Å². The lowest BCUT2D eigenvalue weighted by Crippen LogP contribution is -2.57. The van der Waals surface area contributed by atoms with Crippen LogP contribution < -0.4 is 14.8 Å². The van der Waals surface area contributed by atoms with Crippen molar-refractivity contribution in [1.29, 1.82) is 0 Å². The lowest BCUT2D eigenvalue weighted by atomic mass is 9.60. The van der Waals surface area contributed by atoms with Gasteiger partial charge in [-0.3, -0.25) is 0 Å². The number of carboxylic acids is 1. The molecule has 1 spiro atoms. The average Bonchev–Trinajstić information content (AvgIpc) is 3.87. The Kier molecular flexibility index (Phi) is 12.3. The summed E-state index contributed by atoms with van der Waals surface area (Å²) < 4.78 is 83.6. The summed E-state index contributed by atoms with van der Waals surface area (Å²) in [4.78, 5) is 34.3. The zero-order valence-corrected chi connectivity index (χ0v) is 33.7. The summed E-state index contributed by atoms with van der Waals surface area (Å²) in [5, 5.41) is 12.8. The highest BCUT2D eigenvalue weighted by Crippen LogP contribution is 2.60. The number of hydrogen-bond acceptors (Lipinski definition) is 9. The van der Waals surface area contributed by atoms with Gasteiger partial charge in [-0.2, -0.15) is 18.2 Å². The number of ether oxygens (including phenoxy) is 2. The van der Waals surface area contributed by atoms with E-state index in [2.05, 4.69) is 20.0 Å². The van der Waals surface area contributed by atoms with Gasteiger partial charge < -0.3 is 24.8 Å². The number of nitrogens with zero attached hydrogens (tertiary/aromatic N) is 3. The van der Waals surface area contributed by atoms with Gasteiger partial charge >= 0.3 is 18.2 Å². The zero-order chi connectivity index (χ0) is 40.0. The molecule has 3 aliphatic rings. The number of benzene rings is 2. The fourth-order valence-corrected chi connectivity index (χ4v) is 8.77. The maximum absolute atomic E-state index is 14.2. The number of anilines is 1. The number of carbonyl (C=O) groups excluding carboxylic acids is 1. The molecular weight excluding hydrogens is 775 g/mol. The zero-order valence-electron chi connectivity index (χ0n) is 32.0. The van der Waals surface area contributed by atoms with Gasteiger partial charge in [0.25, 0.3) is 10.0 Å². The Hall–Kier alpha value is -4.15. The standard InChI is InChI=1S/C39H48F3N5O7S.ClH/c1-24-8-6-9-25(2)32(24)30-19-31(45-34(44-30)46-55(51,52)29-11-7-10-26(18-29)33(48)49)53-23-28(22-38(12-13-38)39(40,41)42)43-27-20-37(21-27)14-16-47(17-15-37)35(50)54-36(3,4)5;/h6-11,18-19,27-28,43H,12-17,20-23H2,1-5H3,(H,48,49)(H,44,45,46);1H/t28-;/m1./s1. The molecule has 1 aromatic heterocycles. The van der Waals surface area contributed by atoms with Crippen LogP contribution in [0.2, 0.25) is 0 Å². The number of hydrogen-bond donors (Lipinski definition) is 3. The summed E-state index contributed by atoms with van der Waals surface area (Å²) in [6.07, 6.45) is -1.79. The first-order chi connectivity index (χ1) is 25.7. The lowest BCUT2D eigenvalue weighted by molar-refractivity contribution is -0.191. The topological polar surface area (TPSA) is 160 Å². The van der Waals surface area contributed by atoms with Crippen molar-refractivity contribution in [3.63, 3.8) is 0 Å². The van der Waals surface area contributed by atoms with E-state index in [0.717, 1.165) is 42.9 Å². The third-order valence-corrected chi connectivity index (χ3v) is 12.2. The summed E-state index contributed by atoms with van der Waals surface area (Å²) in [5.41, 5.74) is 0.0571. The van der Waals surface area contributed by atoms with Crippen LogP contribution in [0.15, 0.2) is 53.4 Å². The van der Waals surface area contributed by atoms with Gasteiger partial charge in [0, 0.05) is 36.8 Å². The molecule has 1 aliphatic heterocycles. The monoisotopic (exact) mass is 823 g/mol. The van der Waals surface area contributed by atoms with E-state index in [1.807, 2.05) is 52.8 Å². The summed E-state index contributed by atoms with van der Waals surface area (Å²) in [6, 6.07) is 11.2. The predicted octanol–water partition coefficient (Wildman–Crippen LogP) is 7.93. The van der Waals surface area contributed by atoms with Crippen LogP contribution in [-0.2, 0) is 14.8 Å². The normalized spacial score (nSPS) is 18.3. The van der Waals surface area contributed by atoms with Gasteiger partial charge in [0.1, 0.15) is 12.2 Å². The number of aromatic nitrogens is 2. The molecule has 0 bridgehead atoms. The Bertz CT molecular complexity index is 2020. The van der Waals surface area contributed by atoms with E-state index in [1.165, 1.54) is 24.3 Å². The maximum atomic E-state index is 14.2. The molecule has 1 amide bonds. The van der Waals surface area contributed by atoms with Crippen molar-refractivity contribution < 1.29 is 45.8 Å². The number of aryl methyl sites for hydroxylation is 2. The van der Waals surface area contributed by atoms with Gasteiger partial charge in [-0.25, -0.2) is 27.7 Å². The van der Waals surface area contributed by atoms with Crippen molar-refractivity contribution >= 4 is 40.4 Å². The van der Waals surface area contributed by atoms with Crippen LogP contribution >= 0.6 is 12.4 Å². The SMILES string of the molecule is Cc1cccc(C)c1-c1cc(OC[C@@H](CC2(C(F)(F)F)CC2)NC2CC3(CCN(C(=O)OC(C)(C)C)CC3)C2)nc(NS(=O)(=O)c2cccc(C(=O)O)c2)n1.Cl. The Morgan fingerprint density at radius 1 is 0.982 bits per heavy atom. The van der Waals surface area contributed by atoms with Crippen LogP contribution in [0, 0.1) is 24.7 Å². The van der Waals surface area contributed by atoms with Crippen LogP contribution in [0.1, 0.15) is 87.2 Å². The molecule has 2 heterocycles. The minimum atomic E-state index is -4.38. The highest BCUT2D eigenvalue weighted by atomic mass is 35.5. The van der Waals surface area contributed by atoms with Crippen LogP contribution in [0.25, 0.3) is 11.3 Å². The largest absolute Gasteiger partial charge is 0.478 e. The second-order valence-electron chi connectivity index (χ2n) is 16.3. The number of nitrogens with one attached hydrogen (secondary N) is 2. The highest BCUT2D eigenvalue weighted by Gasteiger charge is 2.63. The minimum Gasteiger partial charge on any atom is -0.478 e. The fourth-order valence-electron chi connectivity index (χ4n) is 7.78. The van der Waals surface area contributed by atoms with Gasteiger partial charge in [-0.1, -0.05) is 24.3 Å². The Morgan fingerprint density at radius 3 is 2.18 bits per heavy atom. The quantitative estimate of drug-likeness (QED) is 0.164. The van der Waals surface area contributed by atoms with E-state index in [4.69, 9.17) is 9.47 Å². The molecule has 2 aromatic carbocycles. The molecule has 3 fully saturated rings. The van der Waals surface area contributed by atoms with Gasteiger partial charge in [0.15, 0.2) is 0 Å². The summed E-state index contributed by atoms with van der Waals surface area (Å²) in [6.45, 7) is 10.1. The fraction of sp³-hybridized carbons (Fsp3) is 0.538. The van der Waals surface area contributed by atoms with E-state index in [1.54, 1.807) is 4.90 Å². The van der Waals surface area contributed by atoms with Crippen molar-refractivity contribution in [2.45, 2.75) is 108 Å². The number of sulfonamides is 1. The van der Waals surface area contributed by atoms with Crippen LogP contribution in [-0.4, -0.2) is 84.0 Å². The molecule has 2 saturated carbocycles. The minimum absolute atomic E-state index is 0. The second-order valence-corrected chi connectivity index (χ2v) is 18.0. The van der Waals surface area contributed by atoms with Crippen LogP contribution in [0.3, 0.4) is 0 Å². The Labute approximate surface area is 331 Å². The Balaban J connectivity index is 0.00000600. The van der Waals surface area contributed by atoms with Crippen molar-refractivity contribution in [2.24, 2.45) is 10.8 Å². The van der Waals surface area contributed by atoms with E-state index >= 15 is 0 Å². The molecule has 3 aromatic rings. The summed E-state index contributed by atoms with van der Waals surface area (Å²) in [7, 11) is -4.37. The molecule has 12 nitrogen and oxygen atoms in total. The van der Waals surface area contributed by atoms with Crippen LogP contribution in [0.4, 0.5) is 23.9 Å². The molecule has 306 valence electrons. The van der Waals surface area contributed by atoms with Gasteiger partial charge in [0.2, 0.25) is 11.8 Å². The number of rotatable bonds is 12. The smallest absolute Gasteiger partial charge is 0.410 e. The number of amides is 1. The number of likely N-dealkylation sites (tertiary alicyclic amines) is 1. The number of aromatic carboxylic acids is 1. The van der Waals surface area contributed by atoms with Gasteiger partial charge in [0.05, 0.1) is 21.6 Å². The van der Waals surface area contributed by atoms with Gasteiger partial charge in [-0.05, 0) is 114 Å². The summed E-state index contributed by atoms with van der Waals surface area (Å²) in [5.74, 6) is -1.70. The number of alkyl halides is 3. The molecule has 1 atom stereocenters. The van der Waals surface area contributed by atoms with E-state index in [9.17, 15) is 36.3 Å². The number of halogens is 4. The Morgan fingerprint density at radius 2 is 1.61 bits per heavy atom. The van der Waals surface area contributed by atoms with Gasteiger partial charge in [-0.15, -0.1) is 12.4 Å². The van der Waals surface area contributed by atoms with Crippen molar-refractivity contribution in [2.75, 3.05) is 24.4 Å². The van der Waals surface area contributed by atoms with Crippen molar-refractivity contribution in [3.05, 3.63) is 65.2 Å². The average molecular weight is 824 g/mol. The number of carboxylic acid groups (broad SMARTS) is 1. The molecule has 6 rings (SSSR count). The molecule has 17 heteroatoms. The van der Waals surface area contributed by atoms with E-state index in [0.29, 0.717) is 24.3 Å². The molecule has 0 unspecified atom stereocenters. The first-order valence-electron chi connectivity index (χ1n) is 18.4.